The smallest absolute Gasteiger partial charge is 0.248 e. The summed E-state index contributed by atoms with van der Waals surface area (Å²) in [4.78, 5) is 13.8. The van der Waals surface area contributed by atoms with Gasteiger partial charge in [0.2, 0.25) is 5.91 Å². The van der Waals surface area contributed by atoms with Crippen molar-refractivity contribution in [2.75, 3.05) is 18.4 Å². The first-order valence-electron chi connectivity index (χ1n) is 7.81. The van der Waals surface area contributed by atoms with Gasteiger partial charge in [-0.15, -0.1) is 11.8 Å². The molecular formula is C17H21N5O. The number of nitrogens with zero attached hydrogens (tertiary/aromatic N) is 4. The molecule has 0 fully saturated rings. The number of hydrogen-bond acceptors (Lipinski definition) is 4. The quantitative estimate of drug-likeness (QED) is 0.783. The predicted molar refractivity (Wildman–Crippen MR) is 88.2 cm³/mol. The van der Waals surface area contributed by atoms with Gasteiger partial charge in [-0.25, -0.2) is 4.68 Å². The second kappa shape index (κ2) is 8.05. The minimum absolute atomic E-state index is 0.0161. The molecule has 1 aromatic heterocycles. The second-order valence-corrected chi connectivity index (χ2v) is 5.33. The first-order valence-corrected chi connectivity index (χ1v) is 7.81. The first kappa shape index (κ1) is 16.6. The van der Waals surface area contributed by atoms with Crippen molar-refractivity contribution < 1.29 is 4.79 Å². The highest BCUT2D eigenvalue weighted by Gasteiger charge is 2.22. The van der Waals surface area contributed by atoms with Gasteiger partial charge in [0.05, 0.1) is 19.3 Å². The van der Waals surface area contributed by atoms with E-state index in [4.69, 9.17) is 0 Å². The summed E-state index contributed by atoms with van der Waals surface area (Å²) in [6.45, 7) is 5.80. The molecule has 0 aliphatic carbocycles. The highest BCUT2D eigenvalue weighted by atomic mass is 16.2. The molecule has 0 radical (unpaired) electrons. The molecule has 120 valence electrons. The molecule has 0 saturated heterocycles. The zero-order valence-electron chi connectivity index (χ0n) is 13.6. The normalized spacial score (nSPS) is 13.3. The van der Waals surface area contributed by atoms with Crippen LogP contribution in [-0.2, 0) is 11.3 Å². The Balaban J connectivity index is 2.09. The molecule has 1 aliphatic rings. The minimum atomic E-state index is 0.0161. The Hall–Kier alpha value is -2.73. The van der Waals surface area contributed by atoms with E-state index in [2.05, 4.69) is 35.2 Å². The van der Waals surface area contributed by atoms with Crippen molar-refractivity contribution in [3.8, 4) is 17.9 Å². The van der Waals surface area contributed by atoms with Gasteiger partial charge < -0.3 is 10.2 Å². The Morgan fingerprint density at radius 2 is 2.26 bits per heavy atom. The van der Waals surface area contributed by atoms with Gasteiger partial charge in [-0.3, -0.25) is 4.79 Å². The molecule has 0 unspecified atom stereocenters. The van der Waals surface area contributed by atoms with Crippen LogP contribution in [0.4, 0.5) is 5.82 Å². The Labute approximate surface area is 136 Å². The maximum atomic E-state index is 12.0. The van der Waals surface area contributed by atoms with Crippen LogP contribution >= 0.6 is 0 Å². The molecule has 2 heterocycles. The molecule has 0 atom stereocenters. The third kappa shape index (κ3) is 4.14. The van der Waals surface area contributed by atoms with Gasteiger partial charge in [-0.05, 0) is 13.3 Å². The van der Waals surface area contributed by atoms with Crippen LogP contribution in [0.2, 0.25) is 0 Å². The van der Waals surface area contributed by atoms with Gasteiger partial charge in [0.1, 0.15) is 17.5 Å². The molecule has 0 spiro atoms. The largest absolute Gasteiger partial charge is 0.341 e. The molecule has 0 aromatic carbocycles. The predicted octanol–water partition coefficient (Wildman–Crippen LogP) is 2.11. The average molecular weight is 311 g/mol. The Morgan fingerprint density at radius 1 is 1.43 bits per heavy atom. The van der Waals surface area contributed by atoms with E-state index in [-0.39, 0.29) is 5.91 Å². The zero-order valence-corrected chi connectivity index (χ0v) is 13.6. The van der Waals surface area contributed by atoms with E-state index in [1.807, 2.05) is 0 Å². The number of amides is 1. The van der Waals surface area contributed by atoms with Gasteiger partial charge >= 0.3 is 0 Å². The summed E-state index contributed by atoms with van der Waals surface area (Å²) < 4.78 is 1.73. The first-order chi connectivity index (χ1) is 11.2. The van der Waals surface area contributed by atoms with E-state index in [9.17, 15) is 10.1 Å². The van der Waals surface area contributed by atoms with E-state index < -0.39 is 0 Å². The number of carbonyl (C=O) groups is 1. The lowest BCUT2D eigenvalue weighted by molar-refractivity contribution is -0.124. The zero-order chi connectivity index (χ0) is 16.7. The van der Waals surface area contributed by atoms with Crippen molar-refractivity contribution >= 4 is 11.7 Å². The lowest BCUT2D eigenvalue weighted by atomic mass is 10.3. The van der Waals surface area contributed by atoms with Crippen molar-refractivity contribution in [3.05, 3.63) is 23.5 Å². The van der Waals surface area contributed by atoms with Crippen molar-refractivity contribution in [2.24, 2.45) is 0 Å². The molecule has 6 heteroatoms. The highest BCUT2D eigenvalue weighted by molar-refractivity contribution is 5.92. The fraction of sp³-hybridized carbons (Fsp3) is 0.471. The fourth-order valence-electron chi connectivity index (χ4n) is 2.39. The Bertz CT molecular complexity index is 699. The molecular weight excluding hydrogens is 290 g/mol. The summed E-state index contributed by atoms with van der Waals surface area (Å²) in [5.74, 6) is 6.47. The van der Waals surface area contributed by atoms with E-state index in [1.165, 1.54) is 6.20 Å². The van der Waals surface area contributed by atoms with Crippen molar-refractivity contribution in [3.63, 3.8) is 0 Å². The van der Waals surface area contributed by atoms with E-state index in [0.29, 0.717) is 30.9 Å². The summed E-state index contributed by atoms with van der Waals surface area (Å²) >= 11 is 0. The van der Waals surface area contributed by atoms with Gasteiger partial charge in [0.15, 0.2) is 0 Å². The molecule has 0 bridgehead atoms. The number of nitriles is 1. The topological polar surface area (TPSA) is 74.0 Å². The van der Waals surface area contributed by atoms with Crippen LogP contribution in [-0.4, -0.2) is 33.7 Å². The molecule has 23 heavy (non-hydrogen) atoms. The van der Waals surface area contributed by atoms with Crippen molar-refractivity contribution in [2.45, 2.75) is 39.7 Å². The third-order valence-electron chi connectivity index (χ3n) is 3.62. The van der Waals surface area contributed by atoms with E-state index in [0.717, 1.165) is 25.1 Å². The summed E-state index contributed by atoms with van der Waals surface area (Å²) in [5, 5.41) is 16.7. The summed E-state index contributed by atoms with van der Waals surface area (Å²) in [6, 6.07) is 2.13. The highest BCUT2D eigenvalue weighted by Crippen LogP contribution is 2.20. The number of unbranched alkanes of at least 4 members (excludes halogenated alkanes) is 1. The summed E-state index contributed by atoms with van der Waals surface area (Å²) in [7, 11) is 0. The van der Waals surface area contributed by atoms with Crippen molar-refractivity contribution in [1.29, 1.82) is 5.26 Å². The molecule has 6 nitrogen and oxygen atoms in total. The Kier molecular flexibility index (Phi) is 5.82. The van der Waals surface area contributed by atoms with Crippen LogP contribution < -0.4 is 5.32 Å². The maximum absolute atomic E-state index is 12.0. The van der Waals surface area contributed by atoms with Crippen LogP contribution in [0.15, 0.2) is 18.0 Å². The Morgan fingerprint density at radius 3 is 2.96 bits per heavy atom. The number of hydrogen-bond donors (Lipinski definition) is 1. The van der Waals surface area contributed by atoms with Crippen molar-refractivity contribution in [1.82, 2.24) is 14.7 Å². The van der Waals surface area contributed by atoms with E-state index in [1.54, 1.807) is 22.6 Å². The van der Waals surface area contributed by atoms with Crippen LogP contribution in [0.1, 0.15) is 38.7 Å². The monoisotopic (exact) mass is 311 g/mol. The van der Waals surface area contributed by atoms with Gasteiger partial charge in [0.25, 0.3) is 0 Å². The van der Waals surface area contributed by atoms with Crippen LogP contribution in [0.5, 0.6) is 0 Å². The number of nitrogens with one attached hydrogen (secondary N) is 1. The molecule has 0 saturated carbocycles. The number of aryl methyl sites for hydroxylation is 1. The SMILES string of the molecule is CC#CCCn1ncc(C#N)c1NC1=CC(=O)N(CCCC)C1. The summed E-state index contributed by atoms with van der Waals surface area (Å²) in [6.07, 6.45) is 5.84. The maximum Gasteiger partial charge on any atom is 0.248 e. The number of aromatic nitrogens is 2. The van der Waals surface area contributed by atoms with E-state index >= 15 is 0 Å². The van der Waals surface area contributed by atoms with Gasteiger partial charge in [0, 0.05) is 24.7 Å². The second-order valence-electron chi connectivity index (χ2n) is 5.33. The third-order valence-corrected chi connectivity index (χ3v) is 3.62. The molecule has 2 rings (SSSR count). The lowest BCUT2D eigenvalue weighted by Gasteiger charge is -2.16. The molecule has 1 aromatic rings. The molecule has 1 aliphatic heterocycles. The number of carbonyl (C=O) groups excluding carboxylic acids is 1. The molecule has 1 amide bonds. The molecule has 1 N–H and O–H groups in total. The van der Waals surface area contributed by atoms with Gasteiger partial charge in [-0.2, -0.15) is 10.4 Å². The number of rotatable bonds is 7. The van der Waals surface area contributed by atoms with Gasteiger partial charge in [-0.1, -0.05) is 13.3 Å². The number of anilines is 1. The minimum Gasteiger partial charge on any atom is -0.341 e. The summed E-state index contributed by atoms with van der Waals surface area (Å²) in [5.41, 5.74) is 1.26. The van der Waals surface area contributed by atoms with Crippen LogP contribution in [0.25, 0.3) is 0 Å². The average Bonchev–Trinajstić information content (AvgIpc) is 3.09. The lowest BCUT2D eigenvalue weighted by Crippen LogP contribution is -2.27. The fourth-order valence-corrected chi connectivity index (χ4v) is 2.39. The standard InChI is InChI=1S/C17H21N5O/c1-3-5-7-9-22-17(14(11-18)12-19-22)20-15-10-16(23)21(13-15)8-6-4-2/h10,12,20H,4,6-9,13H2,1-2H3. The van der Waals surface area contributed by atoms with Crippen LogP contribution in [0.3, 0.4) is 0 Å². The van der Waals surface area contributed by atoms with Crippen LogP contribution in [0, 0.1) is 23.2 Å².